The van der Waals surface area contributed by atoms with E-state index in [9.17, 15) is 9.59 Å². The van der Waals surface area contributed by atoms with E-state index in [1.807, 2.05) is 35.2 Å². The number of anilines is 1. The van der Waals surface area contributed by atoms with Crippen LogP contribution in [0.4, 0.5) is 5.69 Å². The molecule has 0 radical (unpaired) electrons. The van der Waals surface area contributed by atoms with Gasteiger partial charge in [-0.25, -0.2) is 0 Å². The minimum atomic E-state index is -0.0209. The molecule has 1 heterocycles. The van der Waals surface area contributed by atoms with E-state index in [4.69, 9.17) is 9.47 Å². The van der Waals surface area contributed by atoms with Crippen LogP contribution in [0.15, 0.2) is 48.5 Å². The van der Waals surface area contributed by atoms with Gasteiger partial charge in [-0.05, 0) is 30.3 Å². The van der Waals surface area contributed by atoms with Crippen molar-refractivity contribution in [3.05, 3.63) is 54.1 Å². The third-order valence-corrected chi connectivity index (χ3v) is 5.00. The van der Waals surface area contributed by atoms with Gasteiger partial charge in [0.15, 0.2) is 11.5 Å². The van der Waals surface area contributed by atoms with Crippen LogP contribution in [0.5, 0.6) is 11.5 Å². The highest BCUT2D eigenvalue weighted by atomic mass is 16.5. The van der Waals surface area contributed by atoms with E-state index in [1.165, 1.54) is 0 Å². The van der Waals surface area contributed by atoms with Gasteiger partial charge in [0.2, 0.25) is 5.91 Å². The number of carbonyl (C=O) groups is 2. The van der Waals surface area contributed by atoms with Crippen LogP contribution in [0.3, 0.4) is 0 Å². The zero-order chi connectivity index (χ0) is 20.6. The number of benzene rings is 2. The minimum Gasteiger partial charge on any atom is -0.493 e. The topological polar surface area (TPSA) is 71.1 Å². The van der Waals surface area contributed by atoms with E-state index in [0.717, 1.165) is 18.8 Å². The highest BCUT2D eigenvalue weighted by Crippen LogP contribution is 2.28. The van der Waals surface area contributed by atoms with E-state index in [1.54, 1.807) is 32.4 Å². The van der Waals surface area contributed by atoms with Crippen molar-refractivity contribution in [2.75, 3.05) is 52.3 Å². The van der Waals surface area contributed by atoms with Gasteiger partial charge < -0.3 is 19.7 Å². The van der Waals surface area contributed by atoms with Crippen molar-refractivity contribution in [2.24, 2.45) is 0 Å². The summed E-state index contributed by atoms with van der Waals surface area (Å²) in [5, 5.41) is 2.90. The van der Waals surface area contributed by atoms with Crippen molar-refractivity contribution in [3.8, 4) is 11.5 Å². The molecular weight excluding hydrogens is 370 g/mol. The highest BCUT2D eigenvalue weighted by molar-refractivity contribution is 5.95. The predicted molar refractivity (Wildman–Crippen MR) is 112 cm³/mol. The average Bonchev–Trinajstić information content (AvgIpc) is 2.77. The van der Waals surface area contributed by atoms with Crippen molar-refractivity contribution in [1.29, 1.82) is 0 Å². The maximum Gasteiger partial charge on any atom is 0.254 e. The molecule has 1 saturated heterocycles. The Morgan fingerprint density at radius 1 is 0.931 bits per heavy atom. The lowest BCUT2D eigenvalue weighted by Crippen LogP contribution is -2.49. The second kappa shape index (κ2) is 9.93. The Morgan fingerprint density at radius 2 is 1.62 bits per heavy atom. The van der Waals surface area contributed by atoms with E-state index in [-0.39, 0.29) is 11.8 Å². The zero-order valence-corrected chi connectivity index (χ0v) is 16.9. The van der Waals surface area contributed by atoms with Crippen molar-refractivity contribution in [1.82, 2.24) is 9.80 Å². The summed E-state index contributed by atoms with van der Waals surface area (Å²) in [5.74, 6) is 1.12. The van der Waals surface area contributed by atoms with Crippen molar-refractivity contribution >= 4 is 17.5 Å². The fraction of sp³-hybridized carbons (Fsp3) is 0.364. The van der Waals surface area contributed by atoms with Gasteiger partial charge in [-0.1, -0.05) is 18.2 Å². The Morgan fingerprint density at radius 3 is 2.28 bits per heavy atom. The van der Waals surface area contributed by atoms with Gasteiger partial charge in [0.1, 0.15) is 0 Å². The molecule has 0 aromatic heterocycles. The quantitative estimate of drug-likeness (QED) is 0.777. The molecule has 7 nitrogen and oxygen atoms in total. The Labute approximate surface area is 171 Å². The smallest absolute Gasteiger partial charge is 0.254 e. The standard InChI is InChI=1S/C22H27N3O4/c1-28-19-9-8-17(16-20(19)29-2)22(27)25-14-12-24(13-15-25)11-10-21(26)23-18-6-4-3-5-7-18/h3-9,16H,10-15H2,1-2H3,(H,23,26). The number of hydrogen-bond acceptors (Lipinski definition) is 5. The zero-order valence-electron chi connectivity index (χ0n) is 16.9. The van der Waals surface area contributed by atoms with Crippen LogP contribution in [0.25, 0.3) is 0 Å². The Kier molecular flexibility index (Phi) is 7.08. The lowest BCUT2D eigenvalue weighted by Gasteiger charge is -2.34. The summed E-state index contributed by atoms with van der Waals surface area (Å²) >= 11 is 0. The molecule has 2 aromatic rings. The first-order valence-electron chi connectivity index (χ1n) is 9.69. The first-order valence-corrected chi connectivity index (χ1v) is 9.69. The third kappa shape index (κ3) is 5.48. The maximum absolute atomic E-state index is 12.8. The van der Waals surface area contributed by atoms with Gasteiger partial charge in [-0.15, -0.1) is 0 Å². The largest absolute Gasteiger partial charge is 0.493 e. The number of para-hydroxylation sites is 1. The number of rotatable bonds is 7. The molecule has 3 rings (SSSR count). The minimum absolute atomic E-state index is 0.0000313. The summed E-state index contributed by atoms with van der Waals surface area (Å²) in [6.07, 6.45) is 0.429. The van der Waals surface area contributed by atoms with Crippen LogP contribution < -0.4 is 14.8 Å². The van der Waals surface area contributed by atoms with Crippen molar-refractivity contribution < 1.29 is 19.1 Å². The van der Waals surface area contributed by atoms with Crippen LogP contribution in [0, 0.1) is 0 Å². The van der Waals surface area contributed by atoms with Crippen LogP contribution in [0.1, 0.15) is 16.8 Å². The predicted octanol–water partition coefficient (Wildman–Crippen LogP) is 2.49. The number of piperazine rings is 1. The summed E-state index contributed by atoms with van der Waals surface area (Å²) in [5.41, 5.74) is 1.39. The molecule has 0 spiro atoms. The molecule has 1 N–H and O–H groups in total. The van der Waals surface area contributed by atoms with Gasteiger partial charge in [0.25, 0.3) is 5.91 Å². The molecule has 1 aliphatic heterocycles. The van der Waals surface area contributed by atoms with E-state index in [0.29, 0.717) is 43.1 Å². The lowest BCUT2D eigenvalue weighted by molar-refractivity contribution is -0.116. The molecule has 1 fully saturated rings. The number of nitrogens with one attached hydrogen (secondary N) is 1. The summed E-state index contributed by atoms with van der Waals surface area (Å²) in [6, 6.07) is 14.7. The summed E-state index contributed by atoms with van der Waals surface area (Å²) in [7, 11) is 3.12. The fourth-order valence-corrected chi connectivity index (χ4v) is 3.33. The summed E-state index contributed by atoms with van der Waals surface area (Å²) < 4.78 is 10.5. The van der Waals surface area contributed by atoms with E-state index in [2.05, 4.69) is 10.2 Å². The SMILES string of the molecule is COc1ccc(C(=O)N2CCN(CCC(=O)Nc3ccccc3)CC2)cc1OC. The van der Waals surface area contributed by atoms with E-state index >= 15 is 0 Å². The van der Waals surface area contributed by atoms with Gasteiger partial charge in [0.05, 0.1) is 14.2 Å². The molecule has 0 unspecified atom stereocenters. The van der Waals surface area contributed by atoms with E-state index < -0.39 is 0 Å². The normalized spacial score (nSPS) is 14.3. The first-order chi connectivity index (χ1) is 14.1. The summed E-state index contributed by atoms with van der Waals surface area (Å²) in [4.78, 5) is 28.9. The average molecular weight is 397 g/mol. The van der Waals surface area contributed by atoms with Crippen LogP contribution >= 0.6 is 0 Å². The molecule has 7 heteroatoms. The van der Waals surface area contributed by atoms with Crippen LogP contribution in [-0.2, 0) is 4.79 Å². The number of hydrogen-bond donors (Lipinski definition) is 1. The number of nitrogens with zero attached hydrogens (tertiary/aromatic N) is 2. The monoisotopic (exact) mass is 397 g/mol. The molecular formula is C22H27N3O4. The lowest BCUT2D eigenvalue weighted by atomic mass is 10.1. The second-order valence-electron chi connectivity index (χ2n) is 6.87. The van der Waals surface area contributed by atoms with Gasteiger partial charge in [-0.2, -0.15) is 0 Å². The molecule has 1 aliphatic rings. The van der Waals surface area contributed by atoms with Gasteiger partial charge in [0, 0.05) is 50.4 Å². The molecule has 2 aromatic carbocycles. The number of methoxy groups -OCH3 is 2. The van der Waals surface area contributed by atoms with Crippen LogP contribution in [-0.4, -0.2) is 68.6 Å². The second-order valence-corrected chi connectivity index (χ2v) is 6.87. The Bertz CT molecular complexity index is 833. The summed E-state index contributed by atoms with van der Waals surface area (Å²) in [6.45, 7) is 3.44. The highest BCUT2D eigenvalue weighted by Gasteiger charge is 2.23. The number of carbonyl (C=O) groups excluding carboxylic acids is 2. The molecule has 2 amide bonds. The Balaban J connectivity index is 1.46. The third-order valence-electron chi connectivity index (χ3n) is 5.00. The van der Waals surface area contributed by atoms with Crippen LogP contribution in [0.2, 0.25) is 0 Å². The number of amides is 2. The molecule has 0 aliphatic carbocycles. The molecule has 0 atom stereocenters. The van der Waals surface area contributed by atoms with Gasteiger partial charge >= 0.3 is 0 Å². The molecule has 154 valence electrons. The van der Waals surface area contributed by atoms with Crippen molar-refractivity contribution in [2.45, 2.75) is 6.42 Å². The fourth-order valence-electron chi connectivity index (χ4n) is 3.33. The molecule has 0 saturated carbocycles. The molecule has 0 bridgehead atoms. The maximum atomic E-state index is 12.8. The number of ether oxygens (including phenoxy) is 2. The molecule has 29 heavy (non-hydrogen) atoms. The van der Waals surface area contributed by atoms with Crippen molar-refractivity contribution in [3.63, 3.8) is 0 Å². The first kappa shape index (κ1) is 20.7. The Hall–Kier alpha value is -3.06. The van der Waals surface area contributed by atoms with Gasteiger partial charge in [-0.3, -0.25) is 14.5 Å².